The molecule has 0 bridgehead atoms. The molecule has 0 atom stereocenters. The second-order valence-corrected chi connectivity index (χ2v) is 1.52. The van der Waals surface area contributed by atoms with E-state index in [4.69, 9.17) is 0 Å². The molecule has 1 heterocycles. The Kier molecular flexibility index (Phi) is 0.874. The van der Waals surface area contributed by atoms with Crippen molar-refractivity contribution in [2.75, 3.05) is 0 Å². The molecular formula is C2H2BrN3. The molecule has 0 N–H and O–H groups in total. The zero-order chi connectivity index (χ0) is 4.41. The molecule has 0 aliphatic rings. The van der Waals surface area contributed by atoms with E-state index in [1.54, 1.807) is 12.4 Å². The highest BCUT2D eigenvalue weighted by atomic mass is 79.9. The molecule has 0 radical (unpaired) electrons. The van der Waals surface area contributed by atoms with Crippen LogP contribution in [0.2, 0.25) is 0 Å². The van der Waals surface area contributed by atoms with Crippen LogP contribution in [-0.4, -0.2) is 14.0 Å². The molecule has 6 heavy (non-hydrogen) atoms. The van der Waals surface area contributed by atoms with Gasteiger partial charge in [0.15, 0.2) is 0 Å². The fourth-order valence-electron chi connectivity index (χ4n) is 0.194. The van der Waals surface area contributed by atoms with Gasteiger partial charge in [0, 0.05) is 0 Å². The second-order valence-electron chi connectivity index (χ2n) is 0.792. The first-order valence-corrected chi connectivity index (χ1v) is 2.13. The van der Waals surface area contributed by atoms with Gasteiger partial charge in [-0.05, 0) is 0 Å². The molecule has 1 rings (SSSR count). The van der Waals surface area contributed by atoms with Crippen molar-refractivity contribution in [3.63, 3.8) is 0 Å². The van der Waals surface area contributed by atoms with Crippen molar-refractivity contribution >= 4 is 16.1 Å². The highest BCUT2D eigenvalue weighted by molar-refractivity contribution is 9.08. The van der Waals surface area contributed by atoms with E-state index in [2.05, 4.69) is 26.5 Å². The number of halogens is 1. The van der Waals surface area contributed by atoms with Gasteiger partial charge in [-0.2, -0.15) is 3.71 Å². The maximum absolute atomic E-state index is 3.50. The van der Waals surface area contributed by atoms with Crippen LogP contribution in [0, 0.1) is 0 Å². The Bertz CT molecular complexity index is 112. The Morgan fingerprint density at radius 3 is 2.67 bits per heavy atom. The summed E-state index contributed by atoms with van der Waals surface area (Å²) in [7, 11) is 0. The fraction of sp³-hybridized carbons (Fsp3) is 0. The standard InChI is InChI=1S/C2H2BrN3/c3-6-2-1-4-5-6/h1-2H. The van der Waals surface area contributed by atoms with Crippen molar-refractivity contribution in [2.45, 2.75) is 0 Å². The zero-order valence-electron chi connectivity index (χ0n) is 2.87. The van der Waals surface area contributed by atoms with Gasteiger partial charge >= 0.3 is 0 Å². The minimum atomic E-state index is 1.45. The van der Waals surface area contributed by atoms with Crippen LogP contribution in [0.4, 0.5) is 0 Å². The number of hydrogen-bond acceptors (Lipinski definition) is 2. The van der Waals surface area contributed by atoms with Crippen LogP contribution in [0.15, 0.2) is 12.4 Å². The second kappa shape index (κ2) is 1.38. The largest absolute Gasteiger partial charge is 0.185 e. The Hall–Kier alpha value is -0.380. The summed E-state index contributed by atoms with van der Waals surface area (Å²) >= 11 is 3.02. The van der Waals surface area contributed by atoms with E-state index in [0.717, 1.165) is 0 Å². The van der Waals surface area contributed by atoms with Crippen molar-refractivity contribution < 1.29 is 0 Å². The number of aromatic nitrogens is 3. The van der Waals surface area contributed by atoms with Crippen molar-refractivity contribution in [1.29, 1.82) is 0 Å². The van der Waals surface area contributed by atoms with E-state index in [1.807, 2.05) is 0 Å². The summed E-state index contributed by atoms with van der Waals surface area (Å²) < 4.78 is 1.45. The molecule has 3 nitrogen and oxygen atoms in total. The lowest BCUT2D eigenvalue weighted by Crippen LogP contribution is -1.75. The molecule has 4 heteroatoms. The van der Waals surface area contributed by atoms with Gasteiger partial charge in [-0.1, -0.05) is 5.21 Å². The molecule has 32 valence electrons. The molecule has 0 aliphatic heterocycles. The molecule has 0 aliphatic carbocycles. The lowest BCUT2D eigenvalue weighted by Gasteiger charge is -1.69. The molecule has 1 aromatic heterocycles. The molecule has 0 amide bonds. The molecule has 0 saturated heterocycles. The van der Waals surface area contributed by atoms with E-state index in [1.165, 1.54) is 3.71 Å². The Morgan fingerprint density at radius 2 is 2.50 bits per heavy atom. The zero-order valence-corrected chi connectivity index (χ0v) is 4.46. The first-order chi connectivity index (χ1) is 2.89. The smallest absolute Gasteiger partial charge is 0.0762 e. The quantitative estimate of drug-likeness (QED) is 0.534. The summed E-state index contributed by atoms with van der Waals surface area (Å²) in [4.78, 5) is 0. The summed E-state index contributed by atoms with van der Waals surface area (Å²) in [5.41, 5.74) is 0. The van der Waals surface area contributed by atoms with Gasteiger partial charge in [0.25, 0.3) is 0 Å². The molecule has 1 aromatic rings. The van der Waals surface area contributed by atoms with Gasteiger partial charge in [0.1, 0.15) is 0 Å². The van der Waals surface area contributed by atoms with Crippen molar-refractivity contribution in [2.24, 2.45) is 0 Å². The molecule has 0 fully saturated rings. The van der Waals surface area contributed by atoms with Crippen LogP contribution < -0.4 is 0 Å². The minimum Gasteiger partial charge on any atom is -0.185 e. The minimum absolute atomic E-state index is 1.45. The Labute approximate surface area is 43.3 Å². The summed E-state index contributed by atoms with van der Waals surface area (Å²) in [6.45, 7) is 0. The van der Waals surface area contributed by atoms with Crippen molar-refractivity contribution in [1.82, 2.24) is 14.0 Å². The van der Waals surface area contributed by atoms with E-state index in [0.29, 0.717) is 0 Å². The summed E-state index contributed by atoms with van der Waals surface area (Å²) in [5.74, 6) is 0. The van der Waals surface area contributed by atoms with Crippen LogP contribution in [0.5, 0.6) is 0 Å². The van der Waals surface area contributed by atoms with E-state index in [-0.39, 0.29) is 0 Å². The molecular weight excluding hydrogens is 146 g/mol. The molecule has 0 spiro atoms. The first kappa shape index (κ1) is 3.80. The average Bonchev–Trinajstić information content (AvgIpc) is 1.86. The van der Waals surface area contributed by atoms with Crippen molar-refractivity contribution in [3.05, 3.63) is 12.4 Å². The average molecular weight is 148 g/mol. The van der Waals surface area contributed by atoms with Gasteiger partial charge < -0.3 is 0 Å². The highest BCUT2D eigenvalue weighted by Crippen LogP contribution is 1.81. The van der Waals surface area contributed by atoms with E-state index < -0.39 is 0 Å². The topological polar surface area (TPSA) is 30.7 Å². The predicted octanol–water partition coefficient (Wildman–Crippen LogP) is 0.436. The summed E-state index contributed by atoms with van der Waals surface area (Å²) in [5, 5.41) is 6.99. The van der Waals surface area contributed by atoms with E-state index in [9.17, 15) is 0 Å². The lowest BCUT2D eigenvalue weighted by molar-refractivity contribution is 0.904. The lowest BCUT2D eigenvalue weighted by atomic mass is 11.0. The summed E-state index contributed by atoms with van der Waals surface area (Å²) in [6, 6.07) is 0. The van der Waals surface area contributed by atoms with Gasteiger partial charge in [0.2, 0.25) is 0 Å². The highest BCUT2D eigenvalue weighted by Gasteiger charge is 1.73. The fourth-order valence-corrected chi connectivity index (χ4v) is 0.381. The Balaban J connectivity index is 3.05. The third-order valence-corrected chi connectivity index (χ3v) is 0.772. The van der Waals surface area contributed by atoms with Crippen LogP contribution in [0.1, 0.15) is 0 Å². The number of hydrogen-bond donors (Lipinski definition) is 0. The van der Waals surface area contributed by atoms with Crippen LogP contribution in [0.25, 0.3) is 0 Å². The summed E-state index contributed by atoms with van der Waals surface area (Å²) in [6.07, 6.45) is 3.29. The van der Waals surface area contributed by atoms with Gasteiger partial charge in [-0.25, -0.2) is 0 Å². The van der Waals surface area contributed by atoms with Gasteiger partial charge in [-0.15, -0.1) is 5.10 Å². The third kappa shape index (κ3) is 0.567. The number of nitrogens with zero attached hydrogens (tertiary/aromatic N) is 3. The monoisotopic (exact) mass is 147 g/mol. The van der Waals surface area contributed by atoms with Crippen molar-refractivity contribution in [3.8, 4) is 0 Å². The maximum Gasteiger partial charge on any atom is 0.0762 e. The van der Waals surface area contributed by atoms with Crippen LogP contribution >= 0.6 is 16.1 Å². The molecule has 0 saturated carbocycles. The predicted molar refractivity (Wildman–Crippen MR) is 24.3 cm³/mol. The maximum atomic E-state index is 3.50. The Morgan fingerprint density at radius 1 is 1.67 bits per heavy atom. The first-order valence-electron chi connectivity index (χ1n) is 1.42. The van der Waals surface area contributed by atoms with Crippen LogP contribution in [-0.2, 0) is 0 Å². The van der Waals surface area contributed by atoms with Crippen LogP contribution in [0.3, 0.4) is 0 Å². The van der Waals surface area contributed by atoms with E-state index >= 15 is 0 Å². The normalized spacial score (nSPS) is 8.83. The molecule has 0 unspecified atom stereocenters. The van der Waals surface area contributed by atoms with Gasteiger partial charge in [-0.3, -0.25) is 0 Å². The third-order valence-electron chi connectivity index (χ3n) is 0.393. The van der Waals surface area contributed by atoms with Gasteiger partial charge in [0.05, 0.1) is 28.5 Å². The number of rotatable bonds is 0. The SMILES string of the molecule is Brn1ccnn1. The molecule has 0 aromatic carbocycles.